The topological polar surface area (TPSA) is 81.1 Å². The number of hydrogen-bond donors (Lipinski definition) is 2. The van der Waals surface area contributed by atoms with Crippen LogP contribution in [0.2, 0.25) is 0 Å². The number of carbonyl (C=O) groups excluding carboxylic acids is 1. The van der Waals surface area contributed by atoms with Crippen LogP contribution in [0.15, 0.2) is 23.3 Å². The smallest absolute Gasteiger partial charge is 0.332 e. The summed E-state index contributed by atoms with van der Waals surface area (Å²) in [5.74, 6) is 0.731. The van der Waals surface area contributed by atoms with Crippen molar-refractivity contribution in [2.75, 3.05) is 7.11 Å². The summed E-state index contributed by atoms with van der Waals surface area (Å²) >= 11 is 0. The number of methoxy groups -OCH3 is 1. The van der Waals surface area contributed by atoms with Crippen LogP contribution in [-0.2, 0) is 0 Å². The maximum atomic E-state index is 10.6. The lowest BCUT2D eigenvalue weighted by Gasteiger charge is -2.10. The molecule has 0 bridgehead atoms. The number of nitrogens with two attached hydrogens (primary N) is 1. The number of aryl methyl sites for hydroxylation is 1. The van der Waals surface area contributed by atoms with Gasteiger partial charge in [0.25, 0.3) is 6.04 Å². The number of amides is 2. The molecule has 1 aromatic carbocycles. The van der Waals surface area contributed by atoms with E-state index in [4.69, 9.17) is 17.0 Å². The van der Waals surface area contributed by atoms with E-state index < -0.39 is 12.1 Å². The number of nitrogens with one attached hydrogen (secondary N) is 1. The predicted octanol–water partition coefficient (Wildman–Crippen LogP) is 2.01. The fraction of sp³-hybridized carbons (Fsp3) is 0.308. The van der Waals surface area contributed by atoms with Crippen LogP contribution in [0.25, 0.3) is 4.85 Å². The van der Waals surface area contributed by atoms with Crippen LogP contribution < -0.4 is 15.9 Å². The highest BCUT2D eigenvalue weighted by molar-refractivity contribution is 5.91. The third-order valence-electron chi connectivity index (χ3n) is 2.64. The molecule has 0 aliphatic rings. The second kappa shape index (κ2) is 6.40. The molecule has 3 N–H and O–H groups in total. The fourth-order valence-corrected chi connectivity index (χ4v) is 1.67. The molecule has 6 nitrogen and oxygen atoms in total. The number of hydrazone groups is 1. The first-order valence-electron chi connectivity index (χ1n) is 5.60. The molecule has 6 heteroatoms. The largest absolute Gasteiger partial charge is 0.497 e. The summed E-state index contributed by atoms with van der Waals surface area (Å²) in [4.78, 5) is 14.2. The molecule has 0 saturated carbocycles. The van der Waals surface area contributed by atoms with Gasteiger partial charge in [-0.05, 0) is 37.6 Å². The van der Waals surface area contributed by atoms with Gasteiger partial charge in [-0.2, -0.15) is 5.10 Å². The summed E-state index contributed by atoms with van der Waals surface area (Å²) in [5, 5.41) is 3.80. The highest BCUT2D eigenvalue weighted by atomic mass is 16.5. The van der Waals surface area contributed by atoms with Crippen LogP contribution in [0.4, 0.5) is 4.79 Å². The highest BCUT2D eigenvalue weighted by Gasteiger charge is 2.22. The van der Waals surface area contributed by atoms with E-state index in [1.54, 1.807) is 20.1 Å². The molecule has 0 saturated heterocycles. The van der Waals surface area contributed by atoms with E-state index in [0.29, 0.717) is 5.71 Å². The van der Waals surface area contributed by atoms with E-state index >= 15 is 0 Å². The predicted molar refractivity (Wildman–Crippen MR) is 72.9 cm³/mol. The van der Waals surface area contributed by atoms with Gasteiger partial charge in [0.1, 0.15) is 11.5 Å². The molecule has 0 fully saturated rings. The Kier molecular flexibility index (Phi) is 4.89. The summed E-state index contributed by atoms with van der Waals surface area (Å²) < 4.78 is 5.12. The van der Waals surface area contributed by atoms with Gasteiger partial charge in [0.2, 0.25) is 0 Å². The fourth-order valence-electron chi connectivity index (χ4n) is 1.67. The van der Waals surface area contributed by atoms with Gasteiger partial charge in [0.15, 0.2) is 0 Å². The Labute approximate surface area is 112 Å². The zero-order valence-electron chi connectivity index (χ0n) is 11.1. The second-order valence-electron chi connectivity index (χ2n) is 3.98. The SMILES string of the molecule is [C-]#[N+]C(C(C)=NNC(N)=O)c1ccc(OC)cc1C. The van der Waals surface area contributed by atoms with Crippen molar-refractivity contribution in [2.24, 2.45) is 10.8 Å². The monoisotopic (exact) mass is 260 g/mol. The Morgan fingerprint density at radius 3 is 2.74 bits per heavy atom. The van der Waals surface area contributed by atoms with Crippen LogP contribution in [0.1, 0.15) is 24.1 Å². The van der Waals surface area contributed by atoms with Crippen LogP contribution >= 0.6 is 0 Å². The highest BCUT2D eigenvalue weighted by Crippen LogP contribution is 2.26. The molecule has 0 heterocycles. The molecule has 19 heavy (non-hydrogen) atoms. The van der Waals surface area contributed by atoms with E-state index in [0.717, 1.165) is 16.9 Å². The van der Waals surface area contributed by atoms with Crippen molar-refractivity contribution in [1.82, 2.24) is 5.43 Å². The van der Waals surface area contributed by atoms with E-state index in [1.165, 1.54) is 0 Å². The van der Waals surface area contributed by atoms with Crippen molar-refractivity contribution in [3.8, 4) is 5.75 Å². The number of ether oxygens (including phenoxy) is 1. The number of urea groups is 1. The van der Waals surface area contributed by atoms with E-state index in [1.807, 2.05) is 19.1 Å². The number of rotatable bonds is 4. The van der Waals surface area contributed by atoms with E-state index in [9.17, 15) is 4.79 Å². The molecule has 100 valence electrons. The molecular formula is C13H16N4O2. The number of benzene rings is 1. The van der Waals surface area contributed by atoms with Crippen LogP contribution in [0.5, 0.6) is 5.75 Å². The van der Waals surface area contributed by atoms with Gasteiger partial charge in [0, 0.05) is 5.56 Å². The summed E-state index contributed by atoms with van der Waals surface area (Å²) in [7, 11) is 1.59. The molecule has 0 aliphatic heterocycles. The van der Waals surface area contributed by atoms with Gasteiger partial charge >= 0.3 is 6.03 Å². The third kappa shape index (κ3) is 3.71. The van der Waals surface area contributed by atoms with Gasteiger partial charge in [0.05, 0.1) is 7.11 Å². The molecular weight excluding hydrogens is 244 g/mol. The van der Waals surface area contributed by atoms with Crippen molar-refractivity contribution in [1.29, 1.82) is 0 Å². The molecule has 0 aliphatic carbocycles. The minimum Gasteiger partial charge on any atom is -0.497 e. The molecule has 0 spiro atoms. The third-order valence-corrected chi connectivity index (χ3v) is 2.64. The van der Waals surface area contributed by atoms with Gasteiger partial charge in [-0.25, -0.2) is 16.8 Å². The van der Waals surface area contributed by atoms with E-state index in [2.05, 4.69) is 15.4 Å². The van der Waals surface area contributed by atoms with Gasteiger partial charge in [-0.3, -0.25) is 0 Å². The first kappa shape index (κ1) is 14.5. The van der Waals surface area contributed by atoms with Crippen molar-refractivity contribution < 1.29 is 9.53 Å². The number of carbonyl (C=O) groups is 1. The van der Waals surface area contributed by atoms with Crippen LogP contribution in [0.3, 0.4) is 0 Å². The molecule has 1 unspecified atom stereocenters. The lowest BCUT2D eigenvalue weighted by atomic mass is 9.98. The zero-order valence-corrected chi connectivity index (χ0v) is 11.1. The van der Waals surface area contributed by atoms with Crippen molar-refractivity contribution in [3.63, 3.8) is 0 Å². The molecule has 1 atom stereocenters. The lowest BCUT2D eigenvalue weighted by Crippen LogP contribution is -2.26. The Morgan fingerprint density at radius 1 is 1.58 bits per heavy atom. The van der Waals surface area contributed by atoms with Gasteiger partial charge in [-0.1, -0.05) is 0 Å². The quantitative estimate of drug-likeness (QED) is 0.493. The summed E-state index contributed by atoms with van der Waals surface area (Å²) in [5.41, 5.74) is 9.29. The Hall–Kier alpha value is -2.55. The van der Waals surface area contributed by atoms with Crippen molar-refractivity contribution >= 4 is 11.7 Å². The normalized spacial score (nSPS) is 12.4. The minimum atomic E-state index is -0.755. The zero-order chi connectivity index (χ0) is 14.4. The summed E-state index contributed by atoms with van der Waals surface area (Å²) in [6.07, 6.45) is 0. The van der Waals surface area contributed by atoms with Gasteiger partial charge in [-0.15, -0.1) is 0 Å². The lowest BCUT2D eigenvalue weighted by molar-refractivity contribution is 0.249. The minimum absolute atomic E-state index is 0.474. The van der Waals surface area contributed by atoms with Crippen LogP contribution in [-0.4, -0.2) is 18.9 Å². The van der Waals surface area contributed by atoms with Crippen molar-refractivity contribution in [2.45, 2.75) is 19.9 Å². The van der Waals surface area contributed by atoms with Gasteiger partial charge < -0.3 is 15.3 Å². The molecule has 0 aromatic heterocycles. The first-order valence-corrected chi connectivity index (χ1v) is 5.60. The average Bonchev–Trinajstić information content (AvgIpc) is 2.38. The number of hydrogen-bond acceptors (Lipinski definition) is 3. The van der Waals surface area contributed by atoms with E-state index in [-0.39, 0.29) is 0 Å². The average molecular weight is 260 g/mol. The number of nitrogens with zero attached hydrogens (tertiary/aromatic N) is 2. The maximum absolute atomic E-state index is 10.6. The van der Waals surface area contributed by atoms with Crippen LogP contribution in [0, 0.1) is 13.5 Å². The second-order valence-corrected chi connectivity index (χ2v) is 3.98. The van der Waals surface area contributed by atoms with Crippen molar-refractivity contribution in [3.05, 3.63) is 40.7 Å². The Morgan fingerprint density at radius 2 is 2.26 bits per heavy atom. The first-order chi connectivity index (χ1) is 8.99. The molecule has 2 amide bonds. The maximum Gasteiger partial charge on any atom is 0.332 e. The number of primary amides is 1. The Bertz CT molecular complexity index is 546. The summed E-state index contributed by atoms with van der Waals surface area (Å²) in [6.45, 7) is 10.8. The molecule has 0 radical (unpaired) electrons. The summed E-state index contributed by atoms with van der Waals surface area (Å²) in [6, 6.07) is 4.14. The molecule has 1 rings (SSSR count). The molecule has 1 aromatic rings. The standard InChI is InChI=1S/C13H16N4O2/c1-8-7-10(19-4)5-6-11(8)12(15-3)9(2)16-17-13(14)18/h5-7,12H,1-2,4H3,(H3,14,17,18). The Balaban J connectivity index is 3.07.